The number of nitrogens with zero attached hydrogens (tertiary/aromatic N) is 5. The molecule has 3 heterocycles. The van der Waals surface area contributed by atoms with Crippen molar-refractivity contribution < 1.29 is 18.6 Å². The summed E-state index contributed by atoms with van der Waals surface area (Å²) >= 11 is 6.40. The van der Waals surface area contributed by atoms with E-state index in [1.165, 1.54) is 20.0 Å². The van der Waals surface area contributed by atoms with Gasteiger partial charge in [0.25, 0.3) is 5.92 Å². The topological polar surface area (TPSA) is 97.4 Å². The summed E-state index contributed by atoms with van der Waals surface area (Å²) in [5.41, 5.74) is 0.934. The summed E-state index contributed by atoms with van der Waals surface area (Å²) in [6.45, 7) is 7.83. The number of ether oxygens (including phenoxy) is 1. The van der Waals surface area contributed by atoms with Gasteiger partial charge >= 0.3 is 5.69 Å². The normalized spacial score (nSPS) is 19.8. The van der Waals surface area contributed by atoms with Crippen LogP contribution in [-0.2, 0) is 17.8 Å². The van der Waals surface area contributed by atoms with Gasteiger partial charge in [0.2, 0.25) is 5.95 Å². The van der Waals surface area contributed by atoms with Crippen molar-refractivity contribution in [1.29, 1.82) is 0 Å². The summed E-state index contributed by atoms with van der Waals surface area (Å²) in [5.74, 6) is -3.78. The van der Waals surface area contributed by atoms with Crippen molar-refractivity contribution in [3.8, 4) is 0 Å². The number of nitrogens with one attached hydrogen (secondary N) is 1. The highest BCUT2D eigenvalue weighted by atomic mass is 35.5. The molecule has 208 valence electrons. The largest absolute Gasteiger partial charge is 0.390 e. The van der Waals surface area contributed by atoms with Crippen LogP contribution in [0.1, 0.15) is 34.1 Å². The molecule has 3 aromatic rings. The Balaban J connectivity index is 1.66. The number of fused-ring (bicyclic) bond motifs is 1. The Morgan fingerprint density at radius 3 is 2.47 bits per heavy atom. The van der Waals surface area contributed by atoms with E-state index in [4.69, 9.17) is 16.3 Å². The molecule has 1 aromatic carbocycles. The highest BCUT2D eigenvalue weighted by Gasteiger charge is 2.47. The van der Waals surface area contributed by atoms with Gasteiger partial charge in [-0.2, -0.15) is 4.98 Å². The van der Waals surface area contributed by atoms with Gasteiger partial charge in [0, 0.05) is 44.3 Å². The zero-order valence-electron chi connectivity index (χ0n) is 22.3. The third kappa shape index (κ3) is 5.79. The molecule has 1 fully saturated rings. The summed E-state index contributed by atoms with van der Waals surface area (Å²) in [6.07, 6.45) is 1.84. The number of rotatable bonds is 9. The van der Waals surface area contributed by atoms with Crippen LogP contribution in [0.2, 0.25) is 5.02 Å². The Morgan fingerprint density at radius 1 is 1.18 bits per heavy atom. The van der Waals surface area contributed by atoms with Gasteiger partial charge < -0.3 is 20.1 Å². The van der Waals surface area contributed by atoms with Crippen molar-refractivity contribution in [2.45, 2.75) is 58.7 Å². The van der Waals surface area contributed by atoms with Crippen LogP contribution in [0.25, 0.3) is 11.0 Å². The SMILES string of the molecule is COCCn1c(=O)n(CCC(C)(C)O)c2cc(Nc3nc(N4C[C@@H](C)C(F)(F)[C@@H](C)C4)ncc3Cl)ccc21. The van der Waals surface area contributed by atoms with Crippen molar-refractivity contribution >= 4 is 40.1 Å². The predicted octanol–water partition coefficient (Wildman–Crippen LogP) is 4.52. The number of halogens is 3. The predicted molar refractivity (Wildman–Crippen MR) is 145 cm³/mol. The van der Waals surface area contributed by atoms with Crippen LogP contribution >= 0.6 is 11.6 Å². The smallest absolute Gasteiger partial charge is 0.329 e. The minimum absolute atomic E-state index is 0.132. The first-order valence-corrected chi connectivity index (χ1v) is 13.1. The standard InChI is InChI=1S/C26H35ClF2N6O3/c1-16-14-33(15-17(2)26(16,28)29)23-30-13-19(27)22(32-23)31-18-6-7-20-21(12-18)34(9-8-25(3,4)37)24(36)35(20)10-11-38-5/h6-7,12-13,16-17,37H,8-11,14-15H2,1-5H3,(H,30,31,32)/t16-,17+. The molecule has 9 nitrogen and oxygen atoms in total. The van der Waals surface area contributed by atoms with Crippen LogP contribution in [0.15, 0.2) is 29.2 Å². The molecule has 12 heteroatoms. The molecule has 0 spiro atoms. The Bertz CT molecular complexity index is 1340. The second-order valence-corrected chi connectivity index (χ2v) is 11.1. The minimum Gasteiger partial charge on any atom is -0.390 e. The molecule has 1 aliphatic heterocycles. The third-order valence-corrected chi connectivity index (χ3v) is 7.34. The highest BCUT2D eigenvalue weighted by molar-refractivity contribution is 6.32. The lowest BCUT2D eigenvalue weighted by Crippen LogP contribution is -2.52. The molecule has 2 N–H and O–H groups in total. The summed E-state index contributed by atoms with van der Waals surface area (Å²) < 4.78 is 37.2. The molecule has 2 aromatic heterocycles. The van der Waals surface area contributed by atoms with Crippen molar-refractivity contribution in [2.75, 3.05) is 37.0 Å². The molecule has 2 atom stereocenters. The molecule has 4 rings (SSSR count). The number of piperidine rings is 1. The quantitative estimate of drug-likeness (QED) is 0.403. The number of hydrogen-bond donors (Lipinski definition) is 2. The first kappa shape index (κ1) is 28.3. The molecule has 1 saturated heterocycles. The maximum atomic E-state index is 14.3. The number of alkyl halides is 2. The molecular formula is C26H35ClF2N6O3. The maximum Gasteiger partial charge on any atom is 0.329 e. The minimum atomic E-state index is -2.75. The number of benzene rings is 1. The van der Waals surface area contributed by atoms with Crippen LogP contribution in [0.4, 0.5) is 26.2 Å². The van der Waals surface area contributed by atoms with Gasteiger partial charge in [0.05, 0.1) is 36.0 Å². The lowest BCUT2D eigenvalue weighted by atomic mass is 9.87. The number of anilines is 3. The van der Waals surface area contributed by atoms with E-state index in [0.717, 1.165) is 5.52 Å². The van der Waals surface area contributed by atoms with Gasteiger partial charge in [-0.25, -0.2) is 18.6 Å². The highest BCUT2D eigenvalue weighted by Crippen LogP contribution is 2.39. The van der Waals surface area contributed by atoms with Crippen LogP contribution in [-0.4, -0.2) is 62.5 Å². The number of imidazole rings is 1. The number of hydrogen-bond acceptors (Lipinski definition) is 7. The summed E-state index contributed by atoms with van der Waals surface area (Å²) in [4.78, 5) is 23.8. The van der Waals surface area contributed by atoms with Crippen molar-refractivity contribution in [1.82, 2.24) is 19.1 Å². The number of methoxy groups -OCH3 is 1. The first-order chi connectivity index (χ1) is 17.8. The van der Waals surface area contributed by atoms with Gasteiger partial charge in [-0.15, -0.1) is 0 Å². The Labute approximate surface area is 225 Å². The van der Waals surface area contributed by atoms with Crippen LogP contribution in [0, 0.1) is 11.8 Å². The van der Waals surface area contributed by atoms with Gasteiger partial charge in [-0.3, -0.25) is 9.13 Å². The van der Waals surface area contributed by atoms with E-state index < -0.39 is 23.4 Å². The summed E-state index contributed by atoms with van der Waals surface area (Å²) in [5, 5.41) is 13.7. The van der Waals surface area contributed by atoms with Gasteiger partial charge in [0.1, 0.15) is 5.02 Å². The van der Waals surface area contributed by atoms with Crippen LogP contribution < -0.4 is 15.9 Å². The lowest BCUT2D eigenvalue weighted by molar-refractivity contribution is -0.105. The zero-order valence-corrected chi connectivity index (χ0v) is 23.1. The molecular weight excluding hydrogens is 518 g/mol. The monoisotopic (exact) mass is 552 g/mol. The second-order valence-electron chi connectivity index (χ2n) is 10.7. The molecule has 0 aliphatic carbocycles. The van der Waals surface area contributed by atoms with Crippen LogP contribution in [0.5, 0.6) is 0 Å². The molecule has 0 radical (unpaired) electrons. The summed E-state index contributed by atoms with van der Waals surface area (Å²) in [6, 6.07) is 5.48. The van der Waals surface area contributed by atoms with E-state index in [-0.39, 0.29) is 23.8 Å². The van der Waals surface area contributed by atoms with E-state index >= 15 is 0 Å². The summed E-state index contributed by atoms with van der Waals surface area (Å²) in [7, 11) is 1.58. The van der Waals surface area contributed by atoms with Crippen molar-refractivity contribution in [2.24, 2.45) is 11.8 Å². The number of aliphatic hydroxyl groups is 1. The average molecular weight is 553 g/mol. The lowest BCUT2D eigenvalue weighted by Gasteiger charge is -2.41. The maximum absolute atomic E-state index is 14.3. The molecule has 0 saturated carbocycles. The van der Waals surface area contributed by atoms with Crippen molar-refractivity contribution in [3.05, 3.63) is 39.9 Å². The molecule has 38 heavy (non-hydrogen) atoms. The van der Waals surface area contributed by atoms with E-state index in [9.17, 15) is 18.7 Å². The van der Waals surface area contributed by atoms with Gasteiger partial charge in [-0.05, 0) is 38.5 Å². The van der Waals surface area contributed by atoms with Gasteiger partial charge in [0.15, 0.2) is 5.82 Å². The fraction of sp³-hybridized carbons (Fsp3) is 0.577. The average Bonchev–Trinajstić information content (AvgIpc) is 3.10. The van der Waals surface area contributed by atoms with E-state index in [2.05, 4.69) is 15.3 Å². The van der Waals surface area contributed by atoms with Crippen molar-refractivity contribution in [3.63, 3.8) is 0 Å². The Hall–Kier alpha value is -2.76. The molecule has 0 unspecified atom stereocenters. The first-order valence-electron chi connectivity index (χ1n) is 12.7. The van der Waals surface area contributed by atoms with Gasteiger partial charge in [-0.1, -0.05) is 25.4 Å². The van der Waals surface area contributed by atoms with E-state index in [1.807, 2.05) is 18.2 Å². The fourth-order valence-electron chi connectivity index (χ4n) is 4.76. The van der Waals surface area contributed by atoms with Crippen LogP contribution in [0.3, 0.4) is 0 Å². The Kier molecular flexibility index (Phi) is 8.02. The third-order valence-electron chi connectivity index (χ3n) is 7.06. The fourth-order valence-corrected chi connectivity index (χ4v) is 4.90. The number of aromatic nitrogens is 4. The Morgan fingerprint density at radius 2 is 1.84 bits per heavy atom. The van der Waals surface area contributed by atoms with E-state index in [0.29, 0.717) is 49.1 Å². The molecule has 0 amide bonds. The molecule has 0 bridgehead atoms. The number of aryl methyl sites for hydroxylation is 1. The second kappa shape index (κ2) is 10.8. The molecule has 1 aliphatic rings. The van der Waals surface area contributed by atoms with E-state index in [1.54, 1.807) is 35.0 Å². The zero-order chi connectivity index (χ0) is 27.8.